The Morgan fingerprint density at radius 3 is 2.75 bits per heavy atom. The molecule has 16 heavy (non-hydrogen) atoms. The second-order valence-electron chi connectivity index (χ2n) is 3.21. The number of hydrogen-bond donors (Lipinski definition) is 0. The number of fused-ring (bicyclic) bond motifs is 1. The molecule has 0 saturated heterocycles. The molecule has 1 aromatic heterocycles. The third-order valence-electron chi connectivity index (χ3n) is 2.09. The van der Waals surface area contributed by atoms with Gasteiger partial charge in [-0.05, 0) is 18.2 Å². The molecule has 2 rings (SSSR count). The number of ether oxygens (including phenoxy) is 1. The van der Waals surface area contributed by atoms with Crippen LogP contribution in [0.3, 0.4) is 0 Å². The fourth-order valence-electron chi connectivity index (χ4n) is 1.37. The van der Waals surface area contributed by atoms with E-state index in [1.807, 2.05) is 0 Å². The number of aromatic nitrogens is 3. The Labute approximate surface area is 88.6 Å². The molecule has 0 radical (unpaired) electrons. The minimum Gasteiger partial charge on any atom is -0.362 e. The fourth-order valence-corrected chi connectivity index (χ4v) is 1.37. The lowest BCUT2D eigenvalue weighted by Gasteiger charge is -2.05. The van der Waals surface area contributed by atoms with Gasteiger partial charge in [-0.15, -0.1) is 5.10 Å². The van der Waals surface area contributed by atoms with Gasteiger partial charge in [0.1, 0.15) is 12.2 Å². The molecule has 86 valence electrons. The molecular formula is C9H8F3N3O. The van der Waals surface area contributed by atoms with Crippen LogP contribution in [0.2, 0.25) is 0 Å². The van der Waals surface area contributed by atoms with Crippen molar-refractivity contribution in [2.75, 3.05) is 7.11 Å². The molecular weight excluding hydrogens is 223 g/mol. The summed E-state index contributed by atoms with van der Waals surface area (Å²) in [5, 5.41) is 7.33. The van der Waals surface area contributed by atoms with Crippen molar-refractivity contribution in [2.45, 2.75) is 12.9 Å². The molecule has 0 atom stereocenters. The van der Waals surface area contributed by atoms with Gasteiger partial charge in [0.05, 0.1) is 11.1 Å². The highest BCUT2D eigenvalue weighted by Crippen LogP contribution is 2.30. The minimum absolute atomic E-state index is 0.155. The Morgan fingerprint density at radius 1 is 1.38 bits per heavy atom. The molecule has 1 aromatic carbocycles. The third-order valence-corrected chi connectivity index (χ3v) is 2.09. The van der Waals surface area contributed by atoms with E-state index in [2.05, 4.69) is 10.3 Å². The highest BCUT2D eigenvalue weighted by atomic mass is 19.4. The van der Waals surface area contributed by atoms with Crippen LogP contribution in [0, 0.1) is 0 Å². The van der Waals surface area contributed by atoms with E-state index in [9.17, 15) is 13.2 Å². The molecule has 0 aliphatic carbocycles. The number of hydrogen-bond acceptors (Lipinski definition) is 3. The Kier molecular flexibility index (Phi) is 2.55. The first kappa shape index (κ1) is 10.9. The van der Waals surface area contributed by atoms with Crippen LogP contribution in [-0.2, 0) is 17.6 Å². The molecule has 2 aromatic rings. The summed E-state index contributed by atoms with van der Waals surface area (Å²) in [6.07, 6.45) is -4.36. The number of rotatable bonds is 2. The summed E-state index contributed by atoms with van der Waals surface area (Å²) >= 11 is 0. The van der Waals surface area contributed by atoms with E-state index >= 15 is 0 Å². The van der Waals surface area contributed by atoms with E-state index in [-0.39, 0.29) is 12.2 Å². The van der Waals surface area contributed by atoms with Gasteiger partial charge in [0.25, 0.3) is 0 Å². The summed E-state index contributed by atoms with van der Waals surface area (Å²) in [6.45, 7) is 0.155. The number of methoxy groups -OCH3 is 1. The van der Waals surface area contributed by atoms with Crippen LogP contribution in [-0.4, -0.2) is 22.1 Å². The second kappa shape index (κ2) is 3.75. The first-order valence-corrected chi connectivity index (χ1v) is 4.42. The summed E-state index contributed by atoms with van der Waals surface area (Å²) in [6, 6.07) is 3.30. The summed E-state index contributed by atoms with van der Waals surface area (Å²) in [5.41, 5.74) is -0.0220. The summed E-state index contributed by atoms with van der Waals surface area (Å²) in [7, 11) is 1.47. The van der Waals surface area contributed by atoms with Crippen molar-refractivity contribution in [1.29, 1.82) is 0 Å². The van der Waals surface area contributed by atoms with E-state index in [0.717, 1.165) is 12.1 Å². The zero-order valence-corrected chi connectivity index (χ0v) is 8.32. The molecule has 0 aliphatic rings. The van der Waals surface area contributed by atoms with Gasteiger partial charge in [0.2, 0.25) is 0 Å². The smallest absolute Gasteiger partial charge is 0.362 e. The first-order valence-electron chi connectivity index (χ1n) is 4.42. The number of benzene rings is 1. The first-order chi connectivity index (χ1) is 7.52. The van der Waals surface area contributed by atoms with Crippen molar-refractivity contribution < 1.29 is 17.9 Å². The number of halogens is 3. The molecule has 0 saturated carbocycles. The highest BCUT2D eigenvalue weighted by Gasteiger charge is 2.30. The van der Waals surface area contributed by atoms with E-state index in [1.165, 1.54) is 17.9 Å². The summed E-state index contributed by atoms with van der Waals surface area (Å²) in [5.74, 6) is 0. The van der Waals surface area contributed by atoms with Crippen LogP contribution in [0.25, 0.3) is 11.0 Å². The average Bonchev–Trinajstić information content (AvgIpc) is 2.60. The van der Waals surface area contributed by atoms with Crippen LogP contribution in [0.15, 0.2) is 18.2 Å². The van der Waals surface area contributed by atoms with Gasteiger partial charge in [-0.25, -0.2) is 4.68 Å². The Morgan fingerprint density at radius 2 is 2.12 bits per heavy atom. The quantitative estimate of drug-likeness (QED) is 0.794. The minimum atomic E-state index is -4.36. The van der Waals surface area contributed by atoms with Crippen molar-refractivity contribution in [2.24, 2.45) is 0 Å². The standard InChI is InChI=1S/C9H8F3N3O/c1-16-5-15-8-3-2-6(9(10,11)12)4-7(8)13-14-15/h2-4H,5H2,1H3. The Bertz CT molecular complexity index is 506. The zero-order chi connectivity index (χ0) is 11.8. The van der Waals surface area contributed by atoms with Crippen LogP contribution in [0.4, 0.5) is 13.2 Å². The van der Waals surface area contributed by atoms with Crippen molar-refractivity contribution in [3.8, 4) is 0 Å². The van der Waals surface area contributed by atoms with Gasteiger partial charge in [0.15, 0.2) is 0 Å². The molecule has 0 unspecified atom stereocenters. The predicted molar refractivity (Wildman–Crippen MR) is 49.5 cm³/mol. The van der Waals surface area contributed by atoms with Crippen LogP contribution >= 0.6 is 0 Å². The fraction of sp³-hybridized carbons (Fsp3) is 0.333. The monoisotopic (exact) mass is 231 g/mol. The third kappa shape index (κ3) is 1.85. The Hall–Kier alpha value is -1.63. The van der Waals surface area contributed by atoms with Crippen molar-refractivity contribution >= 4 is 11.0 Å². The molecule has 0 aliphatic heterocycles. The van der Waals surface area contributed by atoms with Gasteiger partial charge in [-0.2, -0.15) is 13.2 Å². The lowest BCUT2D eigenvalue weighted by molar-refractivity contribution is -0.137. The number of nitrogens with zero attached hydrogens (tertiary/aromatic N) is 3. The maximum absolute atomic E-state index is 12.4. The van der Waals surface area contributed by atoms with Gasteiger partial charge in [-0.1, -0.05) is 5.21 Å². The molecule has 0 spiro atoms. The maximum atomic E-state index is 12.4. The molecule has 0 N–H and O–H groups in total. The summed E-state index contributed by atoms with van der Waals surface area (Å²) in [4.78, 5) is 0. The summed E-state index contributed by atoms with van der Waals surface area (Å²) < 4.78 is 43.4. The van der Waals surface area contributed by atoms with Crippen LogP contribution < -0.4 is 0 Å². The predicted octanol–water partition coefficient (Wildman–Crippen LogP) is 2.05. The molecule has 0 amide bonds. The van der Waals surface area contributed by atoms with E-state index in [1.54, 1.807) is 0 Å². The Balaban J connectivity index is 2.49. The molecule has 0 fully saturated rings. The lowest BCUT2D eigenvalue weighted by Crippen LogP contribution is -2.05. The molecule has 4 nitrogen and oxygen atoms in total. The highest BCUT2D eigenvalue weighted by molar-refractivity contribution is 5.75. The second-order valence-corrected chi connectivity index (χ2v) is 3.21. The molecule has 0 bridgehead atoms. The van der Waals surface area contributed by atoms with E-state index in [4.69, 9.17) is 4.74 Å². The molecule has 1 heterocycles. The SMILES string of the molecule is COCn1nnc2cc(C(F)(F)F)ccc21. The van der Waals surface area contributed by atoms with Crippen molar-refractivity contribution in [3.05, 3.63) is 23.8 Å². The normalized spacial score (nSPS) is 12.2. The average molecular weight is 231 g/mol. The maximum Gasteiger partial charge on any atom is 0.416 e. The van der Waals surface area contributed by atoms with Gasteiger partial charge in [-0.3, -0.25) is 0 Å². The molecule has 7 heteroatoms. The van der Waals surface area contributed by atoms with E-state index < -0.39 is 11.7 Å². The van der Waals surface area contributed by atoms with E-state index in [0.29, 0.717) is 5.52 Å². The van der Waals surface area contributed by atoms with Crippen molar-refractivity contribution in [3.63, 3.8) is 0 Å². The number of alkyl halides is 3. The lowest BCUT2D eigenvalue weighted by atomic mass is 10.2. The zero-order valence-electron chi connectivity index (χ0n) is 8.32. The van der Waals surface area contributed by atoms with Crippen molar-refractivity contribution in [1.82, 2.24) is 15.0 Å². The van der Waals surface area contributed by atoms with Gasteiger partial charge in [0, 0.05) is 7.11 Å². The van der Waals surface area contributed by atoms with Crippen LogP contribution in [0.1, 0.15) is 5.56 Å². The largest absolute Gasteiger partial charge is 0.416 e. The van der Waals surface area contributed by atoms with Gasteiger partial charge >= 0.3 is 6.18 Å². The van der Waals surface area contributed by atoms with Crippen LogP contribution in [0.5, 0.6) is 0 Å². The topological polar surface area (TPSA) is 39.9 Å². The van der Waals surface area contributed by atoms with Gasteiger partial charge < -0.3 is 4.74 Å².